The number of nitrogens with zero attached hydrogens (tertiary/aromatic N) is 1. The first-order valence-corrected chi connectivity index (χ1v) is 7.10. The summed E-state index contributed by atoms with van der Waals surface area (Å²) < 4.78 is 13.5. The number of fused-ring (bicyclic) bond motifs is 1. The first-order chi connectivity index (χ1) is 10.7. The second kappa shape index (κ2) is 6.35. The Morgan fingerprint density at radius 3 is 2.59 bits per heavy atom. The van der Waals surface area contributed by atoms with Crippen molar-refractivity contribution in [2.45, 2.75) is 6.42 Å². The Balaban J connectivity index is 1.65. The van der Waals surface area contributed by atoms with Gasteiger partial charge in [0.1, 0.15) is 11.5 Å². The molecule has 4 heteroatoms. The Morgan fingerprint density at radius 2 is 1.77 bits per heavy atom. The summed E-state index contributed by atoms with van der Waals surface area (Å²) in [5.41, 5.74) is 0.960. The molecule has 2 aromatic carbocycles. The van der Waals surface area contributed by atoms with E-state index in [0.717, 1.165) is 10.8 Å². The molecule has 0 unspecified atom stereocenters. The molecule has 110 valence electrons. The summed E-state index contributed by atoms with van der Waals surface area (Å²) in [6, 6.07) is 16.1. The molecule has 1 amide bonds. The predicted molar refractivity (Wildman–Crippen MR) is 84.2 cm³/mol. The fourth-order valence-corrected chi connectivity index (χ4v) is 2.31. The Hall–Kier alpha value is -2.75. The number of halogens is 1. The third-order valence-corrected chi connectivity index (χ3v) is 3.50. The van der Waals surface area contributed by atoms with E-state index in [4.69, 9.17) is 0 Å². The number of pyridine rings is 1. The molecule has 3 rings (SSSR count). The molecule has 1 aromatic heterocycles. The van der Waals surface area contributed by atoms with E-state index in [1.165, 1.54) is 6.07 Å². The second-order valence-electron chi connectivity index (χ2n) is 5.01. The minimum Gasteiger partial charge on any atom is -0.350 e. The number of nitrogens with one attached hydrogen (secondary N) is 1. The van der Waals surface area contributed by atoms with E-state index in [1.807, 2.05) is 24.3 Å². The van der Waals surface area contributed by atoms with E-state index < -0.39 is 0 Å². The molecule has 0 saturated carbocycles. The van der Waals surface area contributed by atoms with Gasteiger partial charge in [0.25, 0.3) is 5.91 Å². The lowest BCUT2D eigenvalue weighted by Crippen LogP contribution is -2.26. The van der Waals surface area contributed by atoms with Crippen LogP contribution < -0.4 is 5.32 Å². The number of hydrogen-bond donors (Lipinski definition) is 1. The molecule has 0 radical (unpaired) electrons. The number of rotatable bonds is 4. The fraction of sp³-hybridized carbons (Fsp3) is 0.111. The highest BCUT2D eigenvalue weighted by Gasteiger charge is 2.08. The van der Waals surface area contributed by atoms with E-state index in [-0.39, 0.29) is 11.7 Å². The molecule has 0 fully saturated rings. The van der Waals surface area contributed by atoms with Gasteiger partial charge in [-0.05, 0) is 29.5 Å². The molecule has 0 atom stereocenters. The molecule has 1 heterocycles. The van der Waals surface area contributed by atoms with Gasteiger partial charge in [-0.2, -0.15) is 0 Å². The SMILES string of the molecule is O=C(NCCc1ccccc1F)c1cc2ccccc2cn1. The Labute approximate surface area is 127 Å². The number of benzene rings is 2. The standard InChI is InChI=1S/C18H15FN2O/c19-16-8-4-3-5-13(16)9-10-20-18(22)17-11-14-6-1-2-7-15(14)12-21-17/h1-8,11-12H,9-10H2,(H,20,22). The van der Waals surface area contributed by atoms with Crippen molar-refractivity contribution >= 4 is 16.7 Å². The van der Waals surface area contributed by atoms with Gasteiger partial charge in [0.2, 0.25) is 0 Å². The lowest BCUT2D eigenvalue weighted by Gasteiger charge is -2.06. The first-order valence-electron chi connectivity index (χ1n) is 7.10. The molecule has 3 nitrogen and oxygen atoms in total. The monoisotopic (exact) mass is 294 g/mol. The van der Waals surface area contributed by atoms with Crippen LogP contribution in [0.2, 0.25) is 0 Å². The van der Waals surface area contributed by atoms with Crippen LogP contribution in [0.1, 0.15) is 16.1 Å². The van der Waals surface area contributed by atoms with Crippen molar-refractivity contribution in [3.8, 4) is 0 Å². The quantitative estimate of drug-likeness (QED) is 0.802. The van der Waals surface area contributed by atoms with Crippen molar-refractivity contribution in [1.29, 1.82) is 0 Å². The average Bonchev–Trinajstić information content (AvgIpc) is 2.56. The topological polar surface area (TPSA) is 42.0 Å². The number of amides is 1. The molecule has 22 heavy (non-hydrogen) atoms. The molecule has 0 aliphatic heterocycles. The summed E-state index contributed by atoms with van der Waals surface area (Å²) in [6.07, 6.45) is 2.13. The van der Waals surface area contributed by atoms with E-state index >= 15 is 0 Å². The summed E-state index contributed by atoms with van der Waals surface area (Å²) >= 11 is 0. The molecule has 0 aliphatic carbocycles. The predicted octanol–water partition coefficient (Wildman–Crippen LogP) is 3.35. The van der Waals surface area contributed by atoms with E-state index in [9.17, 15) is 9.18 Å². The smallest absolute Gasteiger partial charge is 0.269 e. The Kier molecular flexibility index (Phi) is 4.10. The van der Waals surface area contributed by atoms with Crippen LogP contribution in [0.25, 0.3) is 10.8 Å². The van der Waals surface area contributed by atoms with E-state index in [1.54, 1.807) is 30.5 Å². The molecular weight excluding hydrogens is 279 g/mol. The maximum absolute atomic E-state index is 13.5. The molecule has 0 aliphatic rings. The number of carbonyl (C=O) groups is 1. The van der Waals surface area contributed by atoms with Gasteiger partial charge in [-0.25, -0.2) is 4.39 Å². The molecule has 0 bridgehead atoms. The van der Waals surface area contributed by atoms with Gasteiger partial charge >= 0.3 is 0 Å². The zero-order chi connectivity index (χ0) is 15.4. The van der Waals surface area contributed by atoms with Gasteiger partial charge in [-0.3, -0.25) is 9.78 Å². The molecule has 1 N–H and O–H groups in total. The van der Waals surface area contributed by atoms with Crippen LogP contribution >= 0.6 is 0 Å². The van der Waals surface area contributed by atoms with Crippen molar-refractivity contribution in [3.63, 3.8) is 0 Å². The minimum absolute atomic E-state index is 0.248. The van der Waals surface area contributed by atoms with Crippen LogP contribution in [-0.4, -0.2) is 17.4 Å². The summed E-state index contributed by atoms with van der Waals surface area (Å²) in [7, 11) is 0. The highest BCUT2D eigenvalue weighted by atomic mass is 19.1. The average molecular weight is 294 g/mol. The van der Waals surface area contributed by atoms with Crippen molar-refractivity contribution in [2.24, 2.45) is 0 Å². The minimum atomic E-state index is -0.249. The summed E-state index contributed by atoms with van der Waals surface area (Å²) in [5, 5.41) is 4.73. The number of aromatic nitrogens is 1. The van der Waals surface area contributed by atoms with Crippen LogP contribution in [0.4, 0.5) is 4.39 Å². The summed E-state index contributed by atoms with van der Waals surface area (Å²) in [6.45, 7) is 0.369. The Bertz CT molecular complexity index is 817. The van der Waals surface area contributed by atoms with Crippen LogP contribution in [0.3, 0.4) is 0 Å². The largest absolute Gasteiger partial charge is 0.350 e. The third kappa shape index (κ3) is 3.11. The maximum atomic E-state index is 13.5. The maximum Gasteiger partial charge on any atom is 0.269 e. The zero-order valence-corrected chi connectivity index (χ0v) is 11.9. The molecule has 3 aromatic rings. The van der Waals surface area contributed by atoms with E-state index in [2.05, 4.69) is 10.3 Å². The van der Waals surface area contributed by atoms with Crippen molar-refractivity contribution in [2.75, 3.05) is 6.54 Å². The first kappa shape index (κ1) is 14.2. The van der Waals surface area contributed by atoms with Crippen molar-refractivity contribution in [1.82, 2.24) is 10.3 Å². The van der Waals surface area contributed by atoms with Gasteiger partial charge in [0.15, 0.2) is 0 Å². The van der Waals surface area contributed by atoms with Crippen LogP contribution in [0.5, 0.6) is 0 Å². The normalized spacial score (nSPS) is 10.6. The van der Waals surface area contributed by atoms with Gasteiger partial charge in [0.05, 0.1) is 0 Å². The lowest BCUT2D eigenvalue weighted by atomic mass is 10.1. The number of hydrogen-bond acceptors (Lipinski definition) is 2. The van der Waals surface area contributed by atoms with Gasteiger partial charge in [-0.1, -0.05) is 42.5 Å². The molecular formula is C18H15FN2O. The highest BCUT2D eigenvalue weighted by Crippen LogP contribution is 2.13. The van der Waals surface area contributed by atoms with Gasteiger partial charge < -0.3 is 5.32 Å². The van der Waals surface area contributed by atoms with Crippen molar-refractivity contribution in [3.05, 3.63) is 77.9 Å². The zero-order valence-electron chi connectivity index (χ0n) is 11.9. The molecule has 0 spiro atoms. The van der Waals surface area contributed by atoms with Gasteiger partial charge in [-0.15, -0.1) is 0 Å². The lowest BCUT2D eigenvalue weighted by molar-refractivity contribution is 0.0949. The van der Waals surface area contributed by atoms with Crippen LogP contribution in [-0.2, 0) is 6.42 Å². The van der Waals surface area contributed by atoms with E-state index in [0.29, 0.717) is 24.2 Å². The molecule has 0 saturated heterocycles. The Morgan fingerprint density at radius 1 is 1.05 bits per heavy atom. The third-order valence-electron chi connectivity index (χ3n) is 3.50. The summed E-state index contributed by atoms with van der Waals surface area (Å²) in [4.78, 5) is 16.3. The van der Waals surface area contributed by atoms with Gasteiger partial charge in [0, 0.05) is 18.1 Å². The van der Waals surface area contributed by atoms with Crippen molar-refractivity contribution < 1.29 is 9.18 Å². The summed E-state index contributed by atoms with van der Waals surface area (Å²) in [5.74, 6) is -0.498. The van der Waals surface area contributed by atoms with Crippen LogP contribution in [0.15, 0.2) is 60.8 Å². The highest BCUT2D eigenvalue weighted by molar-refractivity contribution is 5.96. The fourth-order valence-electron chi connectivity index (χ4n) is 2.31. The van der Waals surface area contributed by atoms with Crippen LogP contribution in [0, 0.1) is 5.82 Å². The number of carbonyl (C=O) groups excluding carboxylic acids is 1. The second-order valence-corrected chi connectivity index (χ2v) is 5.01.